The average molecular weight is 307 g/mol. The molecular formula is C17H20ClFN2. The minimum absolute atomic E-state index is 0.100. The van der Waals surface area contributed by atoms with E-state index >= 15 is 0 Å². The predicted octanol–water partition coefficient (Wildman–Crippen LogP) is 4.01. The molecule has 0 heterocycles. The van der Waals surface area contributed by atoms with Crippen molar-refractivity contribution in [1.82, 2.24) is 0 Å². The molecule has 0 amide bonds. The lowest BCUT2D eigenvalue weighted by Crippen LogP contribution is -2.19. The van der Waals surface area contributed by atoms with Crippen LogP contribution in [0.3, 0.4) is 0 Å². The largest absolute Gasteiger partial charge is 0.369 e. The van der Waals surface area contributed by atoms with E-state index in [0.29, 0.717) is 17.1 Å². The van der Waals surface area contributed by atoms with E-state index in [1.807, 2.05) is 43.1 Å². The fourth-order valence-electron chi connectivity index (χ4n) is 2.33. The maximum absolute atomic E-state index is 13.7. The van der Waals surface area contributed by atoms with Crippen LogP contribution in [0.5, 0.6) is 0 Å². The molecule has 0 aliphatic carbocycles. The van der Waals surface area contributed by atoms with Crippen molar-refractivity contribution in [2.45, 2.75) is 25.9 Å². The minimum atomic E-state index is -0.200. The fraction of sp³-hybridized carbons (Fsp3) is 0.294. The molecule has 21 heavy (non-hydrogen) atoms. The molecule has 0 saturated carbocycles. The Hall–Kier alpha value is -1.58. The Morgan fingerprint density at radius 3 is 2.57 bits per heavy atom. The average Bonchev–Trinajstić information content (AvgIpc) is 2.40. The maximum atomic E-state index is 13.7. The summed E-state index contributed by atoms with van der Waals surface area (Å²) in [4.78, 5) is 1.94. The van der Waals surface area contributed by atoms with Crippen molar-refractivity contribution in [2.24, 2.45) is 5.73 Å². The van der Waals surface area contributed by atoms with Gasteiger partial charge in [0, 0.05) is 25.2 Å². The summed E-state index contributed by atoms with van der Waals surface area (Å²) in [6, 6.07) is 12.8. The minimum Gasteiger partial charge on any atom is -0.369 e. The van der Waals surface area contributed by atoms with Gasteiger partial charge in [-0.3, -0.25) is 0 Å². The Morgan fingerprint density at radius 1 is 1.24 bits per heavy atom. The lowest BCUT2D eigenvalue weighted by Gasteiger charge is -2.21. The second-order valence-electron chi connectivity index (χ2n) is 5.41. The molecule has 2 nitrogen and oxygen atoms in total. The van der Waals surface area contributed by atoms with Crippen LogP contribution in [0, 0.1) is 5.82 Å². The van der Waals surface area contributed by atoms with Gasteiger partial charge in [0.1, 0.15) is 5.82 Å². The Morgan fingerprint density at radius 2 is 1.95 bits per heavy atom. The summed E-state index contributed by atoms with van der Waals surface area (Å²) in [6.45, 7) is 2.44. The molecule has 112 valence electrons. The summed E-state index contributed by atoms with van der Waals surface area (Å²) >= 11 is 6.34. The summed E-state index contributed by atoms with van der Waals surface area (Å²) in [5, 5.41) is 0.659. The Bertz CT molecular complexity index is 613. The Labute approximate surface area is 130 Å². The molecule has 0 saturated heterocycles. The predicted molar refractivity (Wildman–Crippen MR) is 87.3 cm³/mol. The van der Waals surface area contributed by atoms with Gasteiger partial charge >= 0.3 is 0 Å². The van der Waals surface area contributed by atoms with Crippen LogP contribution in [-0.4, -0.2) is 13.1 Å². The van der Waals surface area contributed by atoms with Crippen molar-refractivity contribution in [1.29, 1.82) is 0 Å². The third-order valence-corrected chi connectivity index (χ3v) is 3.65. The lowest BCUT2D eigenvalue weighted by atomic mass is 10.1. The van der Waals surface area contributed by atoms with Gasteiger partial charge in [-0.1, -0.05) is 35.9 Å². The third-order valence-electron chi connectivity index (χ3n) is 3.35. The molecule has 2 N–H and O–H groups in total. The molecule has 1 atom stereocenters. The first-order valence-electron chi connectivity index (χ1n) is 6.96. The van der Waals surface area contributed by atoms with Crippen LogP contribution in [0.1, 0.15) is 18.1 Å². The number of hydrogen-bond acceptors (Lipinski definition) is 2. The van der Waals surface area contributed by atoms with Crippen LogP contribution in [0.2, 0.25) is 5.02 Å². The van der Waals surface area contributed by atoms with Crippen LogP contribution in [-0.2, 0) is 13.0 Å². The Balaban J connectivity index is 2.16. The van der Waals surface area contributed by atoms with Gasteiger partial charge in [0.15, 0.2) is 0 Å². The number of halogens is 2. The van der Waals surface area contributed by atoms with E-state index in [1.54, 1.807) is 12.1 Å². The van der Waals surface area contributed by atoms with Crippen LogP contribution >= 0.6 is 11.6 Å². The van der Waals surface area contributed by atoms with E-state index in [0.717, 1.165) is 17.7 Å². The SMILES string of the molecule is CC(N)Cc1ccc(N(C)Cc2ccccc2F)c(Cl)c1. The van der Waals surface area contributed by atoms with Crippen molar-refractivity contribution in [2.75, 3.05) is 11.9 Å². The van der Waals surface area contributed by atoms with Crippen LogP contribution in [0.25, 0.3) is 0 Å². The summed E-state index contributed by atoms with van der Waals surface area (Å²) in [7, 11) is 1.90. The number of nitrogens with two attached hydrogens (primary N) is 1. The van der Waals surface area contributed by atoms with E-state index in [9.17, 15) is 4.39 Å². The van der Waals surface area contributed by atoms with E-state index in [2.05, 4.69) is 0 Å². The summed E-state index contributed by atoms with van der Waals surface area (Å²) < 4.78 is 13.7. The molecule has 0 bridgehead atoms. The van der Waals surface area contributed by atoms with Gasteiger partial charge in [0.25, 0.3) is 0 Å². The van der Waals surface area contributed by atoms with Gasteiger partial charge in [-0.2, -0.15) is 0 Å². The van der Waals surface area contributed by atoms with Crippen molar-refractivity contribution < 1.29 is 4.39 Å². The first kappa shape index (κ1) is 15.8. The molecular weight excluding hydrogens is 287 g/mol. The van der Waals surface area contributed by atoms with Crippen LogP contribution in [0.15, 0.2) is 42.5 Å². The highest BCUT2D eigenvalue weighted by Crippen LogP contribution is 2.28. The van der Waals surface area contributed by atoms with E-state index in [4.69, 9.17) is 17.3 Å². The number of anilines is 1. The third kappa shape index (κ3) is 4.19. The van der Waals surface area contributed by atoms with Crippen LogP contribution < -0.4 is 10.6 Å². The molecule has 0 fully saturated rings. The fourth-order valence-corrected chi connectivity index (χ4v) is 2.67. The summed E-state index contributed by atoms with van der Waals surface area (Å²) in [5.74, 6) is -0.200. The first-order valence-corrected chi connectivity index (χ1v) is 7.33. The van der Waals surface area contributed by atoms with Crippen LogP contribution in [0.4, 0.5) is 10.1 Å². The summed E-state index contributed by atoms with van der Waals surface area (Å²) in [6.07, 6.45) is 0.789. The Kier molecular flexibility index (Phi) is 5.21. The van der Waals surface area contributed by atoms with Gasteiger partial charge in [0.05, 0.1) is 10.7 Å². The van der Waals surface area contributed by atoms with Crippen molar-refractivity contribution in [3.8, 4) is 0 Å². The lowest BCUT2D eigenvalue weighted by molar-refractivity contribution is 0.608. The molecule has 0 aromatic heterocycles. The second-order valence-corrected chi connectivity index (χ2v) is 5.82. The van der Waals surface area contributed by atoms with Gasteiger partial charge < -0.3 is 10.6 Å². The number of nitrogens with zero attached hydrogens (tertiary/aromatic N) is 1. The number of rotatable bonds is 5. The molecule has 2 rings (SSSR count). The second kappa shape index (κ2) is 6.92. The van der Waals surface area contributed by atoms with Crippen molar-refractivity contribution in [3.05, 3.63) is 64.4 Å². The van der Waals surface area contributed by atoms with Gasteiger partial charge in [0.2, 0.25) is 0 Å². The molecule has 2 aromatic rings. The highest BCUT2D eigenvalue weighted by Gasteiger charge is 2.10. The molecule has 4 heteroatoms. The molecule has 0 spiro atoms. The van der Waals surface area contributed by atoms with Crippen molar-refractivity contribution >= 4 is 17.3 Å². The van der Waals surface area contributed by atoms with Crippen molar-refractivity contribution in [3.63, 3.8) is 0 Å². The van der Waals surface area contributed by atoms with E-state index in [1.165, 1.54) is 6.07 Å². The standard InChI is InChI=1S/C17H20ClFN2/c1-12(20)9-13-7-8-17(15(18)10-13)21(2)11-14-5-3-4-6-16(14)19/h3-8,10,12H,9,11,20H2,1-2H3. The number of benzene rings is 2. The normalized spacial score (nSPS) is 12.2. The monoisotopic (exact) mass is 306 g/mol. The molecule has 0 aliphatic heterocycles. The van der Waals surface area contributed by atoms with E-state index in [-0.39, 0.29) is 11.9 Å². The zero-order chi connectivity index (χ0) is 15.4. The van der Waals surface area contributed by atoms with Gasteiger partial charge in [-0.15, -0.1) is 0 Å². The van der Waals surface area contributed by atoms with E-state index < -0.39 is 0 Å². The van der Waals surface area contributed by atoms with Gasteiger partial charge in [-0.25, -0.2) is 4.39 Å². The topological polar surface area (TPSA) is 29.3 Å². The molecule has 0 radical (unpaired) electrons. The molecule has 1 unspecified atom stereocenters. The molecule has 0 aliphatic rings. The smallest absolute Gasteiger partial charge is 0.128 e. The summed E-state index contributed by atoms with van der Waals surface area (Å²) in [5.41, 5.74) is 8.44. The zero-order valence-corrected chi connectivity index (χ0v) is 13.1. The first-order chi connectivity index (χ1) is 9.97. The molecule has 2 aromatic carbocycles. The zero-order valence-electron chi connectivity index (χ0n) is 12.3. The highest BCUT2D eigenvalue weighted by atomic mass is 35.5. The number of hydrogen-bond donors (Lipinski definition) is 1. The highest BCUT2D eigenvalue weighted by molar-refractivity contribution is 6.33. The maximum Gasteiger partial charge on any atom is 0.128 e. The van der Waals surface area contributed by atoms with Gasteiger partial charge in [-0.05, 0) is 37.1 Å². The quantitative estimate of drug-likeness (QED) is 0.904.